The van der Waals surface area contributed by atoms with E-state index >= 15 is 0 Å². The van der Waals surface area contributed by atoms with Crippen LogP contribution in [0.2, 0.25) is 0 Å². The van der Waals surface area contributed by atoms with Gasteiger partial charge >= 0.3 is 0 Å². The van der Waals surface area contributed by atoms with Crippen LogP contribution in [0.1, 0.15) is 20.0 Å². The standard InChI is InChI=1S/C12H13N.H2/c1-2-6-11(7-3-1)10-12-8-4-5-9-13-12;/h1-2,4-6,8-9H,3,7,10H2;1H. The fourth-order valence-corrected chi connectivity index (χ4v) is 1.54. The first-order chi connectivity index (χ1) is 6.45. The predicted molar refractivity (Wildman–Crippen MR) is 56.5 cm³/mol. The van der Waals surface area contributed by atoms with Crippen molar-refractivity contribution in [2.45, 2.75) is 19.3 Å². The molecule has 0 aliphatic heterocycles. The van der Waals surface area contributed by atoms with E-state index in [1.54, 1.807) is 0 Å². The highest BCUT2D eigenvalue weighted by Gasteiger charge is 2.01. The van der Waals surface area contributed by atoms with Gasteiger partial charge < -0.3 is 0 Å². The maximum Gasteiger partial charge on any atom is 0.0444 e. The Balaban J connectivity index is 0.000000980. The van der Waals surface area contributed by atoms with Gasteiger partial charge in [-0.1, -0.05) is 29.9 Å². The Hall–Kier alpha value is -1.37. The molecule has 0 aromatic carbocycles. The lowest BCUT2D eigenvalue weighted by atomic mass is 10.0. The zero-order chi connectivity index (χ0) is 8.93. The highest BCUT2D eigenvalue weighted by Crippen LogP contribution is 2.15. The van der Waals surface area contributed by atoms with Crippen LogP contribution >= 0.6 is 0 Å². The summed E-state index contributed by atoms with van der Waals surface area (Å²) in [7, 11) is 0. The molecule has 1 aromatic heterocycles. The lowest BCUT2D eigenvalue weighted by molar-refractivity contribution is 0.893. The minimum absolute atomic E-state index is 0. The fraction of sp³-hybridized carbons (Fsp3) is 0.250. The molecule has 0 atom stereocenters. The van der Waals surface area contributed by atoms with Crippen LogP contribution in [0.25, 0.3) is 0 Å². The smallest absolute Gasteiger partial charge is 0.0444 e. The lowest BCUT2D eigenvalue weighted by Crippen LogP contribution is -1.94. The molecule has 1 aromatic rings. The molecule has 68 valence electrons. The van der Waals surface area contributed by atoms with E-state index < -0.39 is 0 Å². The van der Waals surface area contributed by atoms with Crippen molar-refractivity contribution >= 4 is 0 Å². The topological polar surface area (TPSA) is 12.9 Å². The number of pyridine rings is 1. The normalized spacial score (nSPS) is 15.5. The van der Waals surface area contributed by atoms with Gasteiger partial charge in [0.15, 0.2) is 0 Å². The van der Waals surface area contributed by atoms with Crippen molar-refractivity contribution < 1.29 is 1.43 Å². The summed E-state index contributed by atoms with van der Waals surface area (Å²) in [6, 6.07) is 6.08. The maximum absolute atomic E-state index is 4.31. The maximum atomic E-state index is 4.31. The molecule has 0 N–H and O–H groups in total. The molecule has 0 fully saturated rings. The molecule has 1 aliphatic carbocycles. The molecule has 1 heteroatoms. The summed E-state index contributed by atoms with van der Waals surface area (Å²) < 4.78 is 0. The second-order valence-corrected chi connectivity index (χ2v) is 3.29. The third-order valence-electron chi connectivity index (χ3n) is 2.23. The van der Waals surface area contributed by atoms with E-state index in [1.165, 1.54) is 24.1 Å². The van der Waals surface area contributed by atoms with Gasteiger partial charge in [-0.15, -0.1) is 0 Å². The van der Waals surface area contributed by atoms with Gasteiger partial charge in [-0.25, -0.2) is 0 Å². The number of allylic oxidation sites excluding steroid dienone is 4. The van der Waals surface area contributed by atoms with Crippen LogP contribution in [0.4, 0.5) is 0 Å². The average Bonchev–Trinajstić information content (AvgIpc) is 2.21. The fourth-order valence-electron chi connectivity index (χ4n) is 1.54. The van der Waals surface area contributed by atoms with Crippen molar-refractivity contribution in [2.75, 3.05) is 0 Å². The van der Waals surface area contributed by atoms with Gasteiger partial charge in [0.2, 0.25) is 0 Å². The molecular formula is C12H15N. The Labute approximate surface area is 80.3 Å². The Morgan fingerprint density at radius 3 is 3.08 bits per heavy atom. The van der Waals surface area contributed by atoms with E-state index in [1.807, 2.05) is 18.3 Å². The summed E-state index contributed by atoms with van der Waals surface area (Å²) in [5, 5.41) is 0. The minimum atomic E-state index is 0. The van der Waals surface area contributed by atoms with Gasteiger partial charge in [-0.2, -0.15) is 0 Å². The third kappa shape index (κ3) is 2.28. The Bertz CT molecular complexity index is 327. The molecule has 1 aliphatic rings. The molecule has 2 rings (SSSR count). The van der Waals surface area contributed by atoms with Crippen molar-refractivity contribution in [3.63, 3.8) is 0 Å². The van der Waals surface area contributed by atoms with E-state index in [9.17, 15) is 0 Å². The van der Waals surface area contributed by atoms with Gasteiger partial charge in [-0.05, 0) is 25.0 Å². The van der Waals surface area contributed by atoms with Gasteiger partial charge in [0.1, 0.15) is 0 Å². The second-order valence-electron chi connectivity index (χ2n) is 3.29. The average molecular weight is 173 g/mol. The van der Waals surface area contributed by atoms with E-state index in [4.69, 9.17) is 0 Å². The number of hydrogen-bond acceptors (Lipinski definition) is 1. The predicted octanol–water partition coefficient (Wildman–Crippen LogP) is 3.15. The van der Waals surface area contributed by atoms with Crippen LogP contribution in [0.3, 0.4) is 0 Å². The lowest BCUT2D eigenvalue weighted by Gasteiger charge is -2.07. The number of nitrogens with zero attached hydrogens (tertiary/aromatic N) is 1. The van der Waals surface area contributed by atoms with Crippen LogP contribution in [0, 0.1) is 0 Å². The van der Waals surface area contributed by atoms with Gasteiger partial charge in [0.05, 0.1) is 0 Å². The SMILES string of the molecule is C1=CCCC(Cc2ccccn2)=C1.[HH]. The molecular weight excluding hydrogens is 158 g/mol. The van der Waals surface area contributed by atoms with E-state index in [0.29, 0.717) is 0 Å². The van der Waals surface area contributed by atoms with Crippen LogP contribution in [-0.4, -0.2) is 4.98 Å². The molecule has 0 unspecified atom stereocenters. The molecule has 13 heavy (non-hydrogen) atoms. The summed E-state index contributed by atoms with van der Waals surface area (Å²) in [5.74, 6) is 0. The highest BCUT2D eigenvalue weighted by atomic mass is 14.7. The number of hydrogen-bond donors (Lipinski definition) is 0. The van der Waals surface area contributed by atoms with Crippen LogP contribution in [0.5, 0.6) is 0 Å². The second kappa shape index (κ2) is 4.04. The largest absolute Gasteiger partial charge is 0.261 e. The molecule has 0 amide bonds. The quantitative estimate of drug-likeness (QED) is 0.669. The number of rotatable bonds is 2. The first-order valence-corrected chi connectivity index (χ1v) is 4.69. The van der Waals surface area contributed by atoms with Crippen molar-refractivity contribution in [3.8, 4) is 0 Å². The monoisotopic (exact) mass is 173 g/mol. The number of aromatic nitrogens is 1. The highest BCUT2D eigenvalue weighted by molar-refractivity contribution is 5.22. The van der Waals surface area contributed by atoms with Gasteiger partial charge in [0, 0.05) is 19.7 Å². The summed E-state index contributed by atoms with van der Waals surface area (Å²) >= 11 is 0. The minimum Gasteiger partial charge on any atom is -0.261 e. The van der Waals surface area contributed by atoms with Crippen LogP contribution in [-0.2, 0) is 6.42 Å². The van der Waals surface area contributed by atoms with Gasteiger partial charge in [-0.3, -0.25) is 4.98 Å². The van der Waals surface area contributed by atoms with Crippen molar-refractivity contribution in [3.05, 3.63) is 53.9 Å². The zero-order valence-corrected chi connectivity index (χ0v) is 7.61. The van der Waals surface area contributed by atoms with Crippen molar-refractivity contribution in [1.82, 2.24) is 4.98 Å². The van der Waals surface area contributed by atoms with E-state index in [-0.39, 0.29) is 1.43 Å². The first-order valence-electron chi connectivity index (χ1n) is 4.69. The molecule has 1 heterocycles. The Morgan fingerprint density at radius 1 is 1.38 bits per heavy atom. The summed E-state index contributed by atoms with van der Waals surface area (Å²) in [6.45, 7) is 0. The summed E-state index contributed by atoms with van der Waals surface area (Å²) in [5.41, 5.74) is 2.66. The summed E-state index contributed by atoms with van der Waals surface area (Å²) in [4.78, 5) is 4.31. The Kier molecular flexibility index (Phi) is 2.56. The third-order valence-corrected chi connectivity index (χ3v) is 2.23. The van der Waals surface area contributed by atoms with Crippen LogP contribution < -0.4 is 0 Å². The molecule has 0 saturated carbocycles. The van der Waals surface area contributed by atoms with Crippen molar-refractivity contribution in [1.29, 1.82) is 0 Å². The first kappa shape index (κ1) is 8.24. The van der Waals surface area contributed by atoms with Gasteiger partial charge in [0.25, 0.3) is 0 Å². The Morgan fingerprint density at radius 2 is 2.38 bits per heavy atom. The molecule has 0 spiro atoms. The summed E-state index contributed by atoms with van der Waals surface area (Å²) in [6.07, 6.45) is 11.8. The molecule has 0 radical (unpaired) electrons. The van der Waals surface area contributed by atoms with Crippen molar-refractivity contribution in [2.24, 2.45) is 0 Å². The van der Waals surface area contributed by atoms with Crippen LogP contribution in [0.15, 0.2) is 48.2 Å². The van der Waals surface area contributed by atoms with E-state index in [0.717, 1.165) is 6.42 Å². The van der Waals surface area contributed by atoms with E-state index in [2.05, 4.69) is 29.3 Å². The molecule has 0 saturated heterocycles. The molecule has 1 nitrogen and oxygen atoms in total. The zero-order valence-electron chi connectivity index (χ0n) is 7.61. The molecule has 0 bridgehead atoms.